The van der Waals surface area contributed by atoms with E-state index in [-0.39, 0.29) is 98.5 Å². The van der Waals surface area contributed by atoms with Gasteiger partial charge in [-0.2, -0.15) is 25.5 Å². The number of nitrogens with one attached hydrogen (secondary N) is 5. The molecule has 13 N–H and O–H groups in total. The zero-order chi connectivity index (χ0) is 65.9. The molecular weight excluding hydrogens is 1190 g/mol. The predicted molar refractivity (Wildman–Crippen MR) is 348 cm³/mol. The monoisotopic (exact) mass is 1260 g/mol. The molecule has 94 heavy (non-hydrogen) atoms. The third kappa shape index (κ3) is 13.5. The minimum Gasteiger partial charge on any atom is -0.383 e. The highest BCUT2D eigenvalue weighted by Gasteiger charge is 2.29. The molecule has 6 aromatic carbocycles. The molecule has 14 rings (SSSR count). The van der Waals surface area contributed by atoms with E-state index in [1.165, 1.54) is 57.4 Å². The van der Waals surface area contributed by atoms with Crippen molar-refractivity contribution in [3.63, 3.8) is 0 Å². The number of benzene rings is 6. The summed E-state index contributed by atoms with van der Waals surface area (Å²) in [6.45, 7) is 5.68. The number of nitrogen functional groups attached to an aromatic ring is 3. The van der Waals surface area contributed by atoms with Crippen LogP contribution in [0.5, 0.6) is 0 Å². The summed E-state index contributed by atoms with van der Waals surface area (Å²) in [7, 11) is 0. The van der Waals surface area contributed by atoms with Gasteiger partial charge in [0.25, 0.3) is 17.7 Å². The Kier molecular flexibility index (Phi) is 17.2. The van der Waals surface area contributed by atoms with Crippen molar-refractivity contribution in [1.82, 2.24) is 75.7 Å². The van der Waals surface area contributed by atoms with Crippen molar-refractivity contribution < 1.29 is 33.6 Å². The summed E-state index contributed by atoms with van der Waals surface area (Å²) in [5.74, 6) is -0.194. The van der Waals surface area contributed by atoms with Crippen LogP contribution in [0.15, 0.2) is 159 Å². The summed E-state index contributed by atoms with van der Waals surface area (Å²) < 4.78 is 4.43. The van der Waals surface area contributed by atoms with Crippen LogP contribution in [0.25, 0.3) is 39.8 Å². The fourth-order valence-corrected chi connectivity index (χ4v) is 10.2. The Hall–Kier alpha value is -12.5. The van der Waals surface area contributed by atoms with Gasteiger partial charge in [-0.1, -0.05) is 66.7 Å². The van der Waals surface area contributed by atoms with Crippen LogP contribution >= 0.6 is 0 Å². The average Bonchev–Trinajstić information content (AvgIpc) is 1.51. The molecular formula is C68H63N19O7. The molecule has 0 atom stereocenters. The maximum atomic E-state index is 13.2. The van der Waals surface area contributed by atoms with Crippen LogP contribution in [0.4, 0.5) is 17.5 Å². The number of carbonyl (C=O) groups is 7. The Morgan fingerprint density at radius 3 is 1.04 bits per heavy atom. The van der Waals surface area contributed by atoms with Gasteiger partial charge in [-0.15, -0.1) is 0 Å². The number of H-pyrrole nitrogens is 2. The quantitative estimate of drug-likeness (QED) is 0.0380. The van der Waals surface area contributed by atoms with Gasteiger partial charge in [-0.05, 0) is 137 Å². The third-order valence-corrected chi connectivity index (χ3v) is 16.0. The van der Waals surface area contributed by atoms with Gasteiger partial charge < -0.3 is 38.9 Å². The average molecular weight is 1260 g/mol. The number of nitrogens with zero attached hydrogens (tertiary/aromatic N) is 10. The zero-order valence-corrected chi connectivity index (χ0v) is 51.1. The van der Waals surface area contributed by atoms with Gasteiger partial charge in [0.2, 0.25) is 5.91 Å². The predicted octanol–water partition coefficient (Wildman–Crippen LogP) is 7.33. The molecule has 3 aliphatic carbocycles. The number of rotatable bonds is 18. The second kappa shape index (κ2) is 26.2. The Labute approximate surface area is 536 Å². The molecule has 0 saturated heterocycles. The molecule has 5 heterocycles. The number of amides is 4. The van der Waals surface area contributed by atoms with Crippen molar-refractivity contribution in [3.8, 4) is 39.8 Å². The number of carbonyl (C=O) groups excluding carboxylic acids is 7. The molecule has 5 aromatic heterocycles. The molecule has 4 amide bonds. The highest BCUT2D eigenvalue weighted by Crippen LogP contribution is 2.30. The molecule has 0 aliphatic heterocycles. The summed E-state index contributed by atoms with van der Waals surface area (Å²) in [4.78, 5) is 96.3. The van der Waals surface area contributed by atoms with E-state index in [2.05, 4.69) is 61.6 Å². The second-order valence-corrected chi connectivity index (χ2v) is 23.1. The minimum absolute atomic E-state index is 0.125. The fourth-order valence-electron chi connectivity index (χ4n) is 10.2. The van der Waals surface area contributed by atoms with Gasteiger partial charge in [0.05, 0.1) is 52.3 Å². The number of nitrogens with two attached hydrogens (primary N) is 4. The Morgan fingerprint density at radius 1 is 0.415 bits per heavy atom. The summed E-state index contributed by atoms with van der Waals surface area (Å²) in [6, 6.07) is 37.0. The van der Waals surface area contributed by atoms with Crippen LogP contribution in [0.3, 0.4) is 0 Å². The van der Waals surface area contributed by atoms with Gasteiger partial charge in [-0.3, -0.25) is 43.8 Å². The van der Waals surface area contributed by atoms with Crippen molar-refractivity contribution in [2.24, 2.45) is 5.73 Å². The summed E-state index contributed by atoms with van der Waals surface area (Å²) in [5, 5.41) is 35.1. The van der Waals surface area contributed by atoms with Gasteiger partial charge in [0.1, 0.15) is 30.1 Å². The van der Waals surface area contributed by atoms with Gasteiger partial charge >= 0.3 is 0 Å². The molecule has 11 aromatic rings. The SMILES string of the molecule is Cc1ccc(C(=O)NC2CC2)cc1-n1ncc(C(=O)c2cccc(-c3ncn[nH]3)c2)c1N.Cc1ccc(C(=O)NC2CC2)cc1-n1ncc(C(=O)c2cccc(-c3ncn[nH]3)c2)c1N.Cc1ccc(C(=O)NC2CC2)cc1-n1ncc(C(=O)c2cccc(C(N)=O)c2)c1N. The molecule has 0 spiro atoms. The number of primary amides is 1. The van der Waals surface area contributed by atoms with Crippen molar-refractivity contribution in [1.29, 1.82) is 0 Å². The molecule has 0 bridgehead atoms. The lowest BCUT2D eigenvalue weighted by molar-refractivity contribution is 0.0942. The van der Waals surface area contributed by atoms with Crippen molar-refractivity contribution in [2.75, 3.05) is 17.2 Å². The van der Waals surface area contributed by atoms with Crippen LogP contribution in [0.2, 0.25) is 0 Å². The van der Waals surface area contributed by atoms with E-state index in [1.54, 1.807) is 84.9 Å². The van der Waals surface area contributed by atoms with Gasteiger partial charge in [0, 0.05) is 68.2 Å². The molecule has 3 saturated carbocycles. The van der Waals surface area contributed by atoms with Crippen molar-refractivity contribution in [2.45, 2.75) is 77.4 Å². The maximum Gasteiger partial charge on any atom is 0.251 e. The number of anilines is 3. The van der Waals surface area contributed by atoms with Crippen LogP contribution < -0.4 is 38.9 Å². The van der Waals surface area contributed by atoms with Crippen molar-refractivity contribution >= 4 is 58.4 Å². The fraction of sp³-hybridized carbons (Fsp3) is 0.176. The normalized spacial score (nSPS) is 13.1. The van der Waals surface area contributed by atoms with Crippen LogP contribution in [-0.2, 0) is 0 Å². The van der Waals surface area contributed by atoms with Crippen molar-refractivity contribution in [3.05, 3.63) is 231 Å². The van der Waals surface area contributed by atoms with Gasteiger partial charge in [-0.25, -0.2) is 24.0 Å². The summed E-state index contributed by atoms with van der Waals surface area (Å²) in [5.41, 5.74) is 34.0. The highest BCUT2D eigenvalue weighted by atomic mass is 16.2. The molecule has 472 valence electrons. The van der Waals surface area contributed by atoms with E-state index in [9.17, 15) is 33.6 Å². The standard InChI is InChI=1S/2C23H21N7O2.C22H21N5O3/c2*1-13-5-6-16(23(32)28-17-7-8-17)10-19(13)30-21(24)18(11-27-30)20(31)14-3-2-4-15(9-14)22-25-12-26-29-22;1-12-5-6-15(22(30)26-16-7-8-16)10-18(12)27-20(23)17(11-25-27)19(28)13-3-2-4-14(9-13)21(24)29/h2*2-6,9-12,17H,7-8,24H2,1H3,(H,28,32)(H,25,26,29);2-6,9-11,16H,7-8,23H2,1H3,(H2,24,29)(H,26,30). The van der Waals surface area contributed by atoms with E-state index >= 15 is 0 Å². The van der Waals surface area contributed by atoms with Gasteiger partial charge in [0.15, 0.2) is 29.0 Å². The topological polar surface area (TPSA) is 396 Å². The van der Waals surface area contributed by atoms with E-state index in [0.29, 0.717) is 56.5 Å². The lowest BCUT2D eigenvalue weighted by atomic mass is 10.0. The lowest BCUT2D eigenvalue weighted by Crippen LogP contribution is -2.25. The first-order valence-corrected chi connectivity index (χ1v) is 30.1. The number of aromatic amines is 2. The van der Waals surface area contributed by atoms with Crippen LogP contribution in [0.1, 0.15) is 144 Å². The van der Waals surface area contributed by atoms with Crippen LogP contribution in [-0.4, -0.2) is 119 Å². The molecule has 0 unspecified atom stereocenters. The Balaban J connectivity index is 0.000000135. The lowest BCUT2D eigenvalue weighted by Gasteiger charge is -2.11. The second-order valence-electron chi connectivity index (χ2n) is 23.1. The maximum absolute atomic E-state index is 13.2. The minimum atomic E-state index is -0.620. The first-order valence-electron chi connectivity index (χ1n) is 30.1. The Bertz CT molecular complexity index is 4560. The molecule has 0 radical (unpaired) electrons. The van der Waals surface area contributed by atoms with E-state index in [0.717, 1.165) is 66.3 Å². The Morgan fingerprint density at radius 2 is 0.734 bits per heavy atom. The number of aryl methyl sites for hydroxylation is 3. The molecule has 3 aliphatic rings. The molecule has 26 heteroatoms. The third-order valence-electron chi connectivity index (χ3n) is 16.0. The first-order chi connectivity index (χ1) is 45.4. The van der Waals surface area contributed by atoms with E-state index < -0.39 is 5.91 Å². The summed E-state index contributed by atoms with van der Waals surface area (Å²) >= 11 is 0. The number of aromatic nitrogens is 12. The molecule has 26 nitrogen and oxygen atoms in total. The smallest absolute Gasteiger partial charge is 0.251 e. The van der Waals surface area contributed by atoms with E-state index in [4.69, 9.17) is 22.9 Å². The number of hydrogen-bond donors (Lipinski definition) is 9. The summed E-state index contributed by atoms with van der Waals surface area (Å²) in [6.07, 6.45) is 13.2. The zero-order valence-electron chi connectivity index (χ0n) is 51.1. The number of ketones is 3. The van der Waals surface area contributed by atoms with Crippen LogP contribution in [0, 0.1) is 20.8 Å². The number of hydrogen-bond acceptors (Lipinski definition) is 17. The van der Waals surface area contributed by atoms with E-state index in [1.807, 2.05) is 51.1 Å². The molecule has 3 fully saturated rings. The highest BCUT2D eigenvalue weighted by molar-refractivity contribution is 6.14. The first kappa shape index (κ1) is 61.7. The largest absolute Gasteiger partial charge is 0.383 e.